The zero-order valence-electron chi connectivity index (χ0n) is 19.6. The van der Waals surface area contributed by atoms with Gasteiger partial charge in [-0.25, -0.2) is 0 Å². The standard InChI is InChI=1S/C27H47BO2/c1-3-9-15-21-23(17-11-4-1)29-25-19-13-5-2-6-14-20-26-27(25)28(21)22-16-10-7-8-12-18-24(22)30-26/h21-27H,1-20H2. The molecule has 2 heterocycles. The van der Waals surface area contributed by atoms with Crippen LogP contribution in [-0.2, 0) is 9.47 Å². The van der Waals surface area contributed by atoms with Gasteiger partial charge in [-0.15, -0.1) is 0 Å². The topological polar surface area (TPSA) is 18.5 Å². The van der Waals surface area contributed by atoms with E-state index in [9.17, 15) is 0 Å². The van der Waals surface area contributed by atoms with Crippen molar-refractivity contribution in [3.8, 4) is 0 Å². The van der Waals surface area contributed by atoms with Gasteiger partial charge in [-0.3, -0.25) is 0 Å². The minimum Gasteiger partial charge on any atom is -0.376 e. The Bertz CT molecular complexity index is 525. The van der Waals surface area contributed by atoms with Gasteiger partial charge in [-0.05, 0) is 43.1 Å². The molecule has 3 aliphatic carbocycles. The Morgan fingerprint density at radius 2 is 0.700 bits per heavy atom. The van der Waals surface area contributed by atoms with E-state index in [0.29, 0.717) is 30.2 Å². The van der Waals surface area contributed by atoms with Crippen molar-refractivity contribution in [1.29, 1.82) is 0 Å². The number of rotatable bonds is 0. The summed E-state index contributed by atoms with van der Waals surface area (Å²) in [6, 6.07) is 0. The normalized spacial score (nSPS) is 44.0. The van der Waals surface area contributed by atoms with E-state index in [2.05, 4.69) is 0 Å². The van der Waals surface area contributed by atoms with Crippen molar-refractivity contribution >= 4 is 6.71 Å². The lowest BCUT2D eigenvalue weighted by atomic mass is 9.21. The van der Waals surface area contributed by atoms with Crippen LogP contribution in [0.2, 0.25) is 17.5 Å². The number of hydrogen-bond donors (Lipinski definition) is 0. The van der Waals surface area contributed by atoms with Crippen molar-refractivity contribution in [2.75, 3.05) is 0 Å². The average molecular weight is 414 g/mol. The highest BCUT2D eigenvalue weighted by molar-refractivity contribution is 6.65. The minimum atomic E-state index is 0.492. The van der Waals surface area contributed by atoms with Crippen molar-refractivity contribution in [2.24, 2.45) is 0 Å². The fourth-order valence-corrected chi connectivity index (χ4v) is 8.35. The molecule has 5 rings (SSSR count). The summed E-state index contributed by atoms with van der Waals surface area (Å²) in [7, 11) is 0. The molecule has 0 aromatic rings. The molecule has 0 spiro atoms. The molecule has 7 unspecified atom stereocenters. The van der Waals surface area contributed by atoms with Crippen LogP contribution < -0.4 is 0 Å². The molecule has 3 heteroatoms. The van der Waals surface area contributed by atoms with E-state index in [1.54, 1.807) is 0 Å². The summed E-state index contributed by atoms with van der Waals surface area (Å²) in [5.41, 5.74) is 0. The molecule has 30 heavy (non-hydrogen) atoms. The smallest absolute Gasteiger partial charge is 0.162 e. The molecule has 0 bridgehead atoms. The largest absolute Gasteiger partial charge is 0.376 e. The fourth-order valence-electron chi connectivity index (χ4n) is 8.35. The van der Waals surface area contributed by atoms with Gasteiger partial charge in [0.25, 0.3) is 0 Å². The molecule has 2 saturated heterocycles. The summed E-state index contributed by atoms with van der Waals surface area (Å²) in [4.78, 5) is 0. The molecule has 5 aliphatic rings. The molecule has 0 amide bonds. The minimum absolute atomic E-state index is 0.492. The molecule has 2 nitrogen and oxygen atoms in total. The van der Waals surface area contributed by atoms with E-state index in [0.717, 1.165) is 18.3 Å². The third-order valence-electron chi connectivity index (χ3n) is 9.73. The molecular weight excluding hydrogens is 367 g/mol. The van der Waals surface area contributed by atoms with Crippen LogP contribution in [0.4, 0.5) is 0 Å². The molecular formula is C27H47BO2. The lowest BCUT2D eigenvalue weighted by Gasteiger charge is -2.57. The van der Waals surface area contributed by atoms with E-state index >= 15 is 0 Å². The Hall–Kier alpha value is -0.0151. The van der Waals surface area contributed by atoms with Crippen LogP contribution in [0.5, 0.6) is 0 Å². The van der Waals surface area contributed by atoms with Gasteiger partial charge in [0.2, 0.25) is 0 Å². The van der Waals surface area contributed by atoms with Crippen LogP contribution in [0, 0.1) is 0 Å². The SMILES string of the molecule is C1CCCC2OC3CCCCCCCC3B3C4CCCCCCC4OC(CCC1)C32. The second kappa shape index (κ2) is 10.7. The summed E-state index contributed by atoms with van der Waals surface area (Å²) < 4.78 is 14.2. The lowest BCUT2D eigenvalue weighted by molar-refractivity contribution is -0.113. The van der Waals surface area contributed by atoms with Gasteiger partial charge in [0.15, 0.2) is 6.71 Å². The highest BCUT2D eigenvalue weighted by Gasteiger charge is 2.57. The van der Waals surface area contributed by atoms with E-state index in [-0.39, 0.29) is 0 Å². The van der Waals surface area contributed by atoms with E-state index in [1.165, 1.54) is 128 Å². The predicted molar refractivity (Wildman–Crippen MR) is 127 cm³/mol. The van der Waals surface area contributed by atoms with Crippen LogP contribution >= 0.6 is 0 Å². The Balaban J connectivity index is 1.48. The van der Waals surface area contributed by atoms with E-state index < -0.39 is 0 Å². The summed E-state index contributed by atoms with van der Waals surface area (Å²) in [6.45, 7) is 0.896. The van der Waals surface area contributed by atoms with Crippen LogP contribution in [0.3, 0.4) is 0 Å². The maximum Gasteiger partial charge on any atom is 0.162 e. The van der Waals surface area contributed by atoms with Gasteiger partial charge in [0, 0.05) is 0 Å². The molecule has 0 N–H and O–H groups in total. The van der Waals surface area contributed by atoms with Gasteiger partial charge in [0.1, 0.15) is 0 Å². The number of ether oxygens (including phenoxy) is 2. The van der Waals surface area contributed by atoms with Gasteiger partial charge < -0.3 is 9.47 Å². The Kier molecular flexibility index (Phi) is 7.80. The van der Waals surface area contributed by atoms with Crippen molar-refractivity contribution in [3.63, 3.8) is 0 Å². The second-order valence-corrected chi connectivity index (χ2v) is 11.6. The van der Waals surface area contributed by atoms with Crippen LogP contribution in [0.15, 0.2) is 0 Å². The maximum absolute atomic E-state index is 7.11. The Labute approximate surface area is 186 Å². The summed E-state index contributed by atoms with van der Waals surface area (Å²) >= 11 is 0. The van der Waals surface area contributed by atoms with Crippen LogP contribution in [0.25, 0.3) is 0 Å². The average Bonchev–Trinajstić information content (AvgIpc) is 2.85. The van der Waals surface area contributed by atoms with E-state index in [4.69, 9.17) is 9.47 Å². The quantitative estimate of drug-likeness (QED) is 0.374. The van der Waals surface area contributed by atoms with Gasteiger partial charge >= 0.3 is 0 Å². The molecule has 2 aliphatic heterocycles. The van der Waals surface area contributed by atoms with Crippen molar-refractivity contribution in [2.45, 2.75) is 170 Å². The first-order valence-electron chi connectivity index (χ1n) is 14.2. The Morgan fingerprint density at radius 3 is 1.13 bits per heavy atom. The van der Waals surface area contributed by atoms with Gasteiger partial charge in [-0.1, -0.05) is 103 Å². The molecule has 170 valence electrons. The molecule has 0 radical (unpaired) electrons. The number of hydrogen-bond acceptors (Lipinski definition) is 2. The van der Waals surface area contributed by atoms with Gasteiger partial charge in [0.05, 0.1) is 24.4 Å². The predicted octanol–water partition coefficient (Wildman–Crippen LogP) is 7.97. The van der Waals surface area contributed by atoms with Crippen LogP contribution in [0.1, 0.15) is 128 Å². The van der Waals surface area contributed by atoms with Crippen molar-refractivity contribution in [1.82, 2.24) is 0 Å². The first kappa shape index (κ1) is 21.8. The third kappa shape index (κ3) is 4.83. The highest BCUT2D eigenvalue weighted by atomic mass is 16.5. The summed E-state index contributed by atoms with van der Waals surface area (Å²) in [5.74, 6) is 2.35. The third-order valence-corrected chi connectivity index (χ3v) is 9.73. The number of fused-ring (bicyclic) bond motifs is 4. The van der Waals surface area contributed by atoms with Gasteiger partial charge in [-0.2, -0.15) is 0 Å². The lowest BCUT2D eigenvalue weighted by Crippen LogP contribution is -2.59. The molecule has 3 saturated carbocycles. The Morgan fingerprint density at radius 1 is 0.367 bits per heavy atom. The first-order chi connectivity index (χ1) is 14.9. The highest BCUT2D eigenvalue weighted by Crippen LogP contribution is 2.56. The molecule has 0 aromatic heterocycles. The summed E-state index contributed by atoms with van der Waals surface area (Å²) in [6.07, 6.45) is 30.2. The fraction of sp³-hybridized carbons (Fsp3) is 1.00. The maximum atomic E-state index is 7.11. The second-order valence-electron chi connectivity index (χ2n) is 11.6. The molecule has 0 aromatic carbocycles. The van der Waals surface area contributed by atoms with Crippen LogP contribution in [-0.4, -0.2) is 31.1 Å². The van der Waals surface area contributed by atoms with E-state index in [1.807, 2.05) is 0 Å². The molecule has 7 atom stereocenters. The van der Waals surface area contributed by atoms with Crippen molar-refractivity contribution < 1.29 is 9.47 Å². The monoisotopic (exact) mass is 414 g/mol. The zero-order valence-corrected chi connectivity index (χ0v) is 19.6. The first-order valence-corrected chi connectivity index (χ1v) is 14.2. The zero-order chi connectivity index (χ0) is 20.2. The molecule has 5 fully saturated rings. The van der Waals surface area contributed by atoms with Crippen molar-refractivity contribution in [3.05, 3.63) is 0 Å². The summed E-state index contributed by atoms with van der Waals surface area (Å²) in [5, 5.41) is 0.